The lowest BCUT2D eigenvalue weighted by atomic mass is 10.1. The summed E-state index contributed by atoms with van der Waals surface area (Å²) < 4.78 is 0. The van der Waals surface area contributed by atoms with Gasteiger partial charge in [-0.3, -0.25) is 19.3 Å². The molecule has 0 spiro atoms. The maximum absolute atomic E-state index is 13.2. The number of carbonyl (C=O) groups is 3. The first kappa shape index (κ1) is 26.2. The number of thioether (sulfide) groups is 1. The summed E-state index contributed by atoms with van der Waals surface area (Å²) in [5, 5.41) is 6.10. The molecule has 0 saturated carbocycles. The summed E-state index contributed by atoms with van der Waals surface area (Å²) in [6.07, 6.45) is 1.07. The van der Waals surface area contributed by atoms with Crippen LogP contribution in [0.25, 0.3) is 0 Å². The minimum atomic E-state index is -0.316. The van der Waals surface area contributed by atoms with Crippen molar-refractivity contribution < 1.29 is 14.4 Å². The van der Waals surface area contributed by atoms with Crippen molar-refractivity contribution >= 4 is 40.9 Å². The maximum atomic E-state index is 13.2. The molecule has 7 heteroatoms. The normalized spacial score (nSPS) is 13.5. The molecule has 190 valence electrons. The van der Waals surface area contributed by atoms with Crippen LogP contribution in [-0.4, -0.2) is 29.2 Å². The molecule has 37 heavy (non-hydrogen) atoms. The van der Waals surface area contributed by atoms with E-state index in [2.05, 4.69) is 10.6 Å². The molecular formula is C30H31N3O3S. The van der Waals surface area contributed by atoms with Crippen molar-refractivity contribution in [1.29, 1.82) is 0 Å². The van der Waals surface area contributed by atoms with Gasteiger partial charge in [0.15, 0.2) is 0 Å². The molecule has 0 atom stereocenters. The van der Waals surface area contributed by atoms with Crippen LogP contribution in [0.4, 0.5) is 11.4 Å². The first-order chi connectivity index (χ1) is 17.8. The minimum absolute atomic E-state index is 0.0579. The van der Waals surface area contributed by atoms with E-state index in [1.807, 2.05) is 99.6 Å². The third-order valence-electron chi connectivity index (χ3n) is 5.84. The number of hydrogen-bond acceptors (Lipinski definition) is 5. The van der Waals surface area contributed by atoms with E-state index in [0.717, 1.165) is 21.7 Å². The highest BCUT2D eigenvalue weighted by molar-refractivity contribution is 8.04. The molecule has 3 aromatic carbocycles. The van der Waals surface area contributed by atoms with Crippen LogP contribution in [0.3, 0.4) is 0 Å². The van der Waals surface area contributed by atoms with Crippen molar-refractivity contribution in [3.8, 4) is 0 Å². The predicted molar refractivity (Wildman–Crippen MR) is 149 cm³/mol. The molecule has 3 aromatic rings. The minimum Gasteiger partial charge on any atom is -0.350 e. The van der Waals surface area contributed by atoms with Crippen molar-refractivity contribution in [3.63, 3.8) is 0 Å². The predicted octanol–water partition coefficient (Wildman–Crippen LogP) is 6.01. The largest absolute Gasteiger partial charge is 0.350 e. The molecule has 6 nitrogen and oxygen atoms in total. The molecule has 2 N–H and O–H groups in total. The second kappa shape index (κ2) is 11.9. The van der Waals surface area contributed by atoms with Crippen LogP contribution in [0.5, 0.6) is 0 Å². The summed E-state index contributed by atoms with van der Waals surface area (Å²) in [7, 11) is 0. The third kappa shape index (κ3) is 6.89. The Hall–Kier alpha value is -3.84. The number of nitrogens with one attached hydrogen (secondary N) is 2. The smallest absolute Gasteiger partial charge is 0.278 e. The Morgan fingerprint density at radius 1 is 0.865 bits per heavy atom. The highest BCUT2D eigenvalue weighted by Crippen LogP contribution is 2.36. The zero-order valence-electron chi connectivity index (χ0n) is 21.3. The molecule has 0 bridgehead atoms. The van der Waals surface area contributed by atoms with Crippen molar-refractivity contribution in [2.24, 2.45) is 5.92 Å². The van der Waals surface area contributed by atoms with Gasteiger partial charge in [0.2, 0.25) is 5.91 Å². The van der Waals surface area contributed by atoms with Gasteiger partial charge in [-0.2, -0.15) is 0 Å². The molecule has 0 aliphatic carbocycles. The molecular weight excluding hydrogens is 482 g/mol. The number of nitrogens with zero attached hydrogens (tertiary/aromatic N) is 1. The summed E-state index contributed by atoms with van der Waals surface area (Å²) in [5.74, 6) is -0.513. The maximum Gasteiger partial charge on any atom is 0.278 e. The van der Waals surface area contributed by atoms with E-state index in [0.29, 0.717) is 30.0 Å². The van der Waals surface area contributed by atoms with Gasteiger partial charge in [0.25, 0.3) is 11.8 Å². The molecule has 0 aromatic heterocycles. The highest BCUT2D eigenvalue weighted by atomic mass is 32.2. The molecule has 1 heterocycles. The van der Waals surface area contributed by atoms with Gasteiger partial charge < -0.3 is 10.6 Å². The molecule has 0 unspecified atom stereocenters. The molecule has 1 aliphatic heterocycles. The lowest BCUT2D eigenvalue weighted by molar-refractivity contribution is -0.137. The Morgan fingerprint density at radius 3 is 2.16 bits per heavy atom. The number of carbonyl (C=O) groups excluding carboxylic acids is 3. The van der Waals surface area contributed by atoms with Crippen LogP contribution in [0.2, 0.25) is 0 Å². The molecule has 0 radical (unpaired) electrons. The number of aryl methyl sites for hydroxylation is 2. The Bertz CT molecular complexity index is 1300. The van der Waals surface area contributed by atoms with E-state index in [-0.39, 0.29) is 29.3 Å². The molecule has 0 saturated heterocycles. The number of benzene rings is 3. The molecule has 1 aliphatic rings. The summed E-state index contributed by atoms with van der Waals surface area (Å²) in [6, 6.07) is 24.9. The van der Waals surface area contributed by atoms with Crippen molar-refractivity contribution in [3.05, 3.63) is 101 Å². The fraction of sp³-hybridized carbons (Fsp3) is 0.233. The van der Waals surface area contributed by atoms with Crippen molar-refractivity contribution in [2.75, 3.05) is 17.2 Å². The topological polar surface area (TPSA) is 78.5 Å². The van der Waals surface area contributed by atoms with Gasteiger partial charge in [-0.25, -0.2) is 0 Å². The van der Waals surface area contributed by atoms with Crippen LogP contribution >= 0.6 is 11.8 Å². The Labute approximate surface area is 222 Å². The highest BCUT2D eigenvalue weighted by Gasteiger charge is 2.39. The fourth-order valence-electron chi connectivity index (χ4n) is 3.92. The Balaban J connectivity index is 1.46. The van der Waals surface area contributed by atoms with Crippen LogP contribution in [0.15, 0.2) is 94.4 Å². The van der Waals surface area contributed by atoms with E-state index in [1.165, 1.54) is 16.7 Å². The van der Waals surface area contributed by atoms with E-state index in [1.54, 1.807) is 0 Å². The number of imide groups is 1. The van der Waals surface area contributed by atoms with E-state index < -0.39 is 0 Å². The molecule has 0 fully saturated rings. The van der Waals surface area contributed by atoms with E-state index >= 15 is 0 Å². The summed E-state index contributed by atoms with van der Waals surface area (Å²) in [4.78, 5) is 41.3. The SMILES string of the molecule is Cc1ccc(NC2=C(Sc3ccc(NC(=O)CCc4ccccc4)cc3)C(=O)N(CC(C)C)C2=O)cc1. The first-order valence-corrected chi connectivity index (χ1v) is 13.2. The summed E-state index contributed by atoms with van der Waals surface area (Å²) >= 11 is 1.25. The van der Waals surface area contributed by atoms with E-state index in [9.17, 15) is 14.4 Å². The second-order valence-corrected chi connectivity index (χ2v) is 10.6. The van der Waals surface area contributed by atoms with Gasteiger partial charge in [0.05, 0.1) is 0 Å². The van der Waals surface area contributed by atoms with Crippen LogP contribution < -0.4 is 10.6 Å². The number of anilines is 2. The van der Waals surface area contributed by atoms with Crippen LogP contribution in [0, 0.1) is 12.8 Å². The van der Waals surface area contributed by atoms with Crippen molar-refractivity contribution in [2.45, 2.75) is 38.5 Å². The van der Waals surface area contributed by atoms with Gasteiger partial charge in [0, 0.05) is 29.2 Å². The fourth-order valence-corrected chi connectivity index (χ4v) is 4.87. The summed E-state index contributed by atoms with van der Waals surface area (Å²) in [6.45, 7) is 6.31. The lowest BCUT2D eigenvalue weighted by Crippen LogP contribution is -2.35. The van der Waals surface area contributed by atoms with Crippen molar-refractivity contribution in [1.82, 2.24) is 4.90 Å². The van der Waals surface area contributed by atoms with Gasteiger partial charge in [0.1, 0.15) is 10.6 Å². The van der Waals surface area contributed by atoms with E-state index in [4.69, 9.17) is 0 Å². The number of rotatable bonds is 10. The molecule has 4 rings (SSSR count). The van der Waals surface area contributed by atoms with Gasteiger partial charge in [-0.15, -0.1) is 0 Å². The first-order valence-electron chi connectivity index (χ1n) is 12.4. The monoisotopic (exact) mass is 513 g/mol. The standard InChI is InChI=1S/C30H31N3O3S/c1-20(2)19-33-29(35)27(32-24-12-9-21(3)10-13-24)28(30(33)36)37-25-16-14-23(15-17-25)31-26(34)18-11-22-7-5-4-6-8-22/h4-10,12-17,20,32H,11,18-19H2,1-3H3,(H,31,34). The average molecular weight is 514 g/mol. The summed E-state index contributed by atoms with van der Waals surface area (Å²) in [5.41, 5.74) is 3.95. The van der Waals surface area contributed by atoms with Crippen LogP contribution in [-0.2, 0) is 20.8 Å². The molecule has 3 amide bonds. The average Bonchev–Trinajstić information content (AvgIpc) is 3.09. The Morgan fingerprint density at radius 2 is 1.51 bits per heavy atom. The quantitative estimate of drug-likeness (QED) is 0.325. The lowest BCUT2D eigenvalue weighted by Gasteiger charge is -2.17. The van der Waals surface area contributed by atoms with Crippen LogP contribution in [0.1, 0.15) is 31.4 Å². The Kier molecular flexibility index (Phi) is 8.46. The second-order valence-electron chi connectivity index (χ2n) is 9.47. The third-order valence-corrected chi connectivity index (χ3v) is 6.93. The zero-order chi connectivity index (χ0) is 26.4. The number of amides is 3. The number of hydrogen-bond donors (Lipinski definition) is 2. The van der Waals surface area contributed by atoms with Gasteiger partial charge >= 0.3 is 0 Å². The van der Waals surface area contributed by atoms with Gasteiger partial charge in [-0.05, 0) is 61.2 Å². The zero-order valence-corrected chi connectivity index (χ0v) is 22.1. The van der Waals surface area contributed by atoms with Gasteiger partial charge in [-0.1, -0.05) is 73.6 Å².